The van der Waals surface area contributed by atoms with Gasteiger partial charge < -0.3 is 10.4 Å². The summed E-state index contributed by atoms with van der Waals surface area (Å²) in [5, 5.41) is 17.6. The predicted octanol–water partition coefficient (Wildman–Crippen LogP) is 2.61. The Morgan fingerprint density at radius 2 is 2.19 bits per heavy atom. The fourth-order valence-electron chi connectivity index (χ4n) is 3.59. The van der Waals surface area contributed by atoms with E-state index in [1.165, 1.54) is 11.3 Å². The number of aryl methyl sites for hydroxylation is 1. The molecule has 1 aliphatic carbocycles. The second-order valence-corrected chi connectivity index (χ2v) is 6.16. The maximum absolute atomic E-state index is 11.7. The zero-order valence-corrected chi connectivity index (χ0v) is 13.6. The fraction of sp³-hybridized carbons (Fsp3) is 0.750. The number of aromatic nitrogens is 2. The Kier molecular flexibility index (Phi) is 4.71. The van der Waals surface area contributed by atoms with Crippen molar-refractivity contribution in [2.45, 2.75) is 71.4 Å². The van der Waals surface area contributed by atoms with Gasteiger partial charge in [-0.05, 0) is 58.1 Å². The lowest BCUT2D eigenvalue weighted by molar-refractivity contribution is -0.144. The molecule has 0 aromatic carbocycles. The summed E-state index contributed by atoms with van der Waals surface area (Å²) in [6.45, 7) is 9.08. The number of carboxylic acid groups (broad SMARTS) is 1. The smallest absolute Gasteiger partial charge is 0.323 e. The summed E-state index contributed by atoms with van der Waals surface area (Å²) in [6, 6.07) is 0.185. The summed E-state index contributed by atoms with van der Waals surface area (Å²) in [5.74, 6) is -0.726. The molecule has 5 heteroatoms. The van der Waals surface area contributed by atoms with E-state index in [-0.39, 0.29) is 6.04 Å². The highest BCUT2D eigenvalue weighted by Gasteiger charge is 2.46. The van der Waals surface area contributed by atoms with Crippen molar-refractivity contribution in [3.8, 4) is 0 Å². The molecule has 2 atom stereocenters. The van der Waals surface area contributed by atoms with Gasteiger partial charge in [0, 0.05) is 5.69 Å². The molecule has 1 fully saturated rings. The monoisotopic (exact) mass is 293 g/mol. The normalized spacial score (nSPS) is 25.4. The number of nitrogens with one attached hydrogen (secondary N) is 1. The molecule has 1 saturated carbocycles. The van der Waals surface area contributed by atoms with Crippen LogP contribution in [0.15, 0.2) is 0 Å². The molecule has 0 saturated heterocycles. The highest BCUT2D eigenvalue weighted by Crippen LogP contribution is 2.39. The molecular weight excluding hydrogens is 266 g/mol. The Balaban J connectivity index is 2.23. The van der Waals surface area contributed by atoms with Gasteiger partial charge in [0.05, 0.1) is 11.7 Å². The van der Waals surface area contributed by atoms with E-state index in [1.807, 2.05) is 6.92 Å². The van der Waals surface area contributed by atoms with Crippen molar-refractivity contribution in [1.82, 2.24) is 15.1 Å². The molecule has 2 rings (SSSR count). The summed E-state index contributed by atoms with van der Waals surface area (Å²) in [7, 11) is 0. The van der Waals surface area contributed by atoms with Crippen molar-refractivity contribution < 1.29 is 9.90 Å². The minimum atomic E-state index is -0.778. The van der Waals surface area contributed by atoms with Crippen LogP contribution < -0.4 is 5.32 Å². The summed E-state index contributed by atoms with van der Waals surface area (Å²) in [6.07, 6.45) is 4.08. The van der Waals surface area contributed by atoms with Gasteiger partial charge in [0.2, 0.25) is 0 Å². The van der Waals surface area contributed by atoms with Crippen LogP contribution in [-0.2, 0) is 11.2 Å². The Bertz CT molecular complexity index is 524. The molecular formula is C16H27N3O2. The Morgan fingerprint density at radius 1 is 1.48 bits per heavy atom. The van der Waals surface area contributed by atoms with Gasteiger partial charge in [-0.25, -0.2) is 0 Å². The molecule has 21 heavy (non-hydrogen) atoms. The third kappa shape index (κ3) is 2.84. The Morgan fingerprint density at radius 3 is 2.71 bits per heavy atom. The fourth-order valence-corrected chi connectivity index (χ4v) is 3.59. The minimum Gasteiger partial charge on any atom is -0.480 e. The topological polar surface area (TPSA) is 67.2 Å². The van der Waals surface area contributed by atoms with Crippen LogP contribution in [0.4, 0.5) is 0 Å². The van der Waals surface area contributed by atoms with Crippen molar-refractivity contribution in [1.29, 1.82) is 0 Å². The van der Waals surface area contributed by atoms with Crippen molar-refractivity contribution in [2.24, 2.45) is 0 Å². The van der Waals surface area contributed by atoms with Crippen molar-refractivity contribution in [3.05, 3.63) is 17.0 Å². The van der Waals surface area contributed by atoms with Gasteiger partial charge in [-0.2, -0.15) is 5.10 Å². The first-order valence-electron chi connectivity index (χ1n) is 7.98. The first kappa shape index (κ1) is 16.0. The van der Waals surface area contributed by atoms with E-state index in [1.54, 1.807) is 0 Å². The second-order valence-electron chi connectivity index (χ2n) is 6.16. The predicted molar refractivity (Wildman–Crippen MR) is 82.6 cm³/mol. The number of aliphatic carboxylic acids is 1. The van der Waals surface area contributed by atoms with Crippen molar-refractivity contribution in [2.75, 3.05) is 6.54 Å². The molecule has 1 aromatic rings. The van der Waals surface area contributed by atoms with E-state index >= 15 is 0 Å². The van der Waals surface area contributed by atoms with E-state index in [4.69, 9.17) is 0 Å². The summed E-state index contributed by atoms with van der Waals surface area (Å²) >= 11 is 0. The molecule has 1 heterocycles. The molecule has 5 nitrogen and oxygen atoms in total. The SMILES string of the molecule is CCCNC1(C(=O)O)CCC(n2nc(C)c(CC)c2C)C1. The molecule has 0 aliphatic heterocycles. The quantitative estimate of drug-likeness (QED) is 0.846. The van der Waals surface area contributed by atoms with E-state index in [2.05, 4.69) is 35.9 Å². The van der Waals surface area contributed by atoms with Gasteiger partial charge in [0.15, 0.2) is 0 Å². The molecule has 1 aliphatic rings. The van der Waals surface area contributed by atoms with Crippen molar-refractivity contribution in [3.63, 3.8) is 0 Å². The van der Waals surface area contributed by atoms with Crippen LogP contribution in [0.25, 0.3) is 0 Å². The maximum atomic E-state index is 11.7. The molecule has 0 bridgehead atoms. The van der Waals surface area contributed by atoms with Gasteiger partial charge >= 0.3 is 5.97 Å². The highest BCUT2D eigenvalue weighted by molar-refractivity contribution is 5.79. The van der Waals surface area contributed by atoms with E-state index in [9.17, 15) is 9.90 Å². The number of carboxylic acids is 1. The number of hydrogen-bond donors (Lipinski definition) is 2. The molecule has 1 aromatic heterocycles. The Labute approximate surface area is 126 Å². The number of nitrogens with zero attached hydrogens (tertiary/aromatic N) is 2. The molecule has 0 amide bonds. The first-order chi connectivity index (χ1) is 9.95. The zero-order chi connectivity index (χ0) is 15.6. The van der Waals surface area contributed by atoms with Gasteiger partial charge in [-0.1, -0.05) is 13.8 Å². The van der Waals surface area contributed by atoms with E-state index in [0.29, 0.717) is 12.8 Å². The van der Waals surface area contributed by atoms with Crippen LogP contribution in [0.3, 0.4) is 0 Å². The number of rotatable bonds is 6. The summed E-state index contributed by atoms with van der Waals surface area (Å²) in [5.41, 5.74) is 2.78. The average Bonchev–Trinajstić information content (AvgIpc) is 2.99. The summed E-state index contributed by atoms with van der Waals surface area (Å²) in [4.78, 5) is 11.7. The van der Waals surface area contributed by atoms with Crippen LogP contribution in [0, 0.1) is 13.8 Å². The lowest BCUT2D eigenvalue weighted by atomic mass is 9.97. The zero-order valence-electron chi connectivity index (χ0n) is 13.6. The third-order valence-electron chi connectivity index (χ3n) is 4.79. The summed E-state index contributed by atoms with van der Waals surface area (Å²) < 4.78 is 2.06. The van der Waals surface area contributed by atoms with Crippen molar-refractivity contribution >= 4 is 5.97 Å². The highest BCUT2D eigenvalue weighted by atomic mass is 16.4. The van der Waals surface area contributed by atoms with Crippen LogP contribution in [-0.4, -0.2) is 32.9 Å². The number of hydrogen-bond acceptors (Lipinski definition) is 3. The second kappa shape index (κ2) is 6.18. The van der Waals surface area contributed by atoms with Gasteiger partial charge in [-0.3, -0.25) is 9.48 Å². The molecule has 2 unspecified atom stereocenters. The van der Waals surface area contributed by atoms with Crippen LogP contribution >= 0.6 is 0 Å². The van der Waals surface area contributed by atoms with Crippen LogP contribution in [0.5, 0.6) is 0 Å². The minimum absolute atomic E-state index is 0.185. The Hall–Kier alpha value is -1.36. The van der Waals surface area contributed by atoms with Gasteiger partial charge in [0.1, 0.15) is 5.54 Å². The molecule has 118 valence electrons. The maximum Gasteiger partial charge on any atom is 0.323 e. The van der Waals surface area contributed by atoms with Crippen LogP contribution in [0.2, 0.25) is 0 Å². The van der Waals surface area contributed by atoms with Gasteiger partial charge in [-0.15, -0.1) is 0 Å². The molecule has 2 N–H and O–H groups in total. The average molecular weight is 293 g/mol. The first-order valence-corrected chi connectivity index (χ1v) is 7.98. The van der Waals surface area contributed by atoms with Crippen LogP contribution in [0.1, 0.15) is 62.5 Å². The van der Waals surface area contributed by atoms with E-state index < -0.39 is 11.5 Å². The standard InChI is InChI=1S/C16H27N3O2/c1-5-9-17-16(15(20)21)8-7-13(10-16)19-12(4)14(6-2)11(3)18-19/h13,17H,5-10H2,1-4H3,(H,20,21). The number of carbonyl (C=O) groups is 1. The third-order valence-corrected chi connectivity index (χ3v) is 4.79. The lowest BCUT2D eigenvalue weighted by Crippen LogP contribution is -2.50. The molecule has 0 radical (unpaired) electrons. The molecule has 0 spiro atoms. The van der Waals surface area contributed by atoms with E-state index in [0.717, 1.165) is 31.5 Å². The van der Waals surface area contributed by atoms with Gasteiger partial charge in [0.25, 0.3) is 0 Å². The lowest BCUT2D eigenvalue weighted by Gasteiger charge is -2.26. The largest absolute Gasteiger partial charge is 0.480 e.